The van der Waals surface area contributed by atoms with Gasteiger partial charge in [0.05, 0.1) is 18.8 Å². The van der Waals surface area contributed by atoms with E-state index in [-0.39, 0.29) is 42.7 Å². The molecule has 40 heavy (non-hydrogen) atoms. The van der Waals surface area contributed by atoms with Gasteiger partial charge in [-0.25, -0.2) is 9.59 Å². The third-order valence-electron chi connectivity index (χ3n) is 5.81. The Morgan fingerprint density at radius 3 is 1.77 bits per heavy atom. The Labute approximate surface area is 235 Å². The Hall–Kier alpha value is -4.33. The van der Waals surface area contributed by atoms with Crippen molar-refractivity contribution < 1.29 is 38.1 Å². The van der Waals surface area contributed by atoms with Crippen LogP contribution in [-0.4, -0.2) is 50.8 Å². The Kier molecular flexibility index (Phi) is 12.5. The molecular formula is C32H36O8. The number of Topliss-reactive ketones (excluding diaryl/α,β-unsaturated/α-hetero) is 1. The summed E-state index contributed by atoms with van der Waals surface area (Å²) in [5, 5.41) is 0. The minimum Gasteiger partial charge on any atom is -0.485 e. The van der Waals surface area contributed by atoms with E-state index >= 15 is 0 Å². The largest absolute Gasteiger partial charge is 0.485 e. The fourth-order valence-corrected chi connectivity index (χ4v) is 3.57. The molecule has 0 saturated heterocycles. The van der Waals surface area contributed by atoms with E-state index in [1.807, 2.05) is 56.3 Å². The molecule has 0 aromatic heterocycles. The van der Waals surface area contributed by atoms with Crippen LogP contribution in [-0.2, 0) is 19.1 Å². The van der Waals surface area contributed by atoms with E-state index in [0.717, 1.165) is 36.8 Å². The second-order valence-corrected chi connectivity index (χ2v) is 8.99. The van der Waals surface area contributed by atoms with Crippen LogP contribution in [0.3, 0.4) is 0 Å². The standard InChI is InChI=1S/C32H36O8/c1-3-5-18-36-31(34)22-39-27-16-17-28(30(20-27)40-23-32(35)37-19-6-4-2)29(33)21-38-26-14-12-25(13-15-26)24-10-8-7-9-11-24/h7-17,20H,3-6,18-19,21-23H2,1-2H3. The molecule has 3 aromatic carbocycles. The van der Waals surface area contributed by atoms with Crippen molar-refractivity contribution in [3.8, 4) is 28.4 Å². The van der Waals surface area contributed by atoms with Gasteiger partial charge in [-0.3, -0.25) is 4.79 Å². The Bertz CT molecular complexity index is 1220. The summed E-state index contributed by atoms with van der Waals surface area (Å²) in [4.78, 5) is 37.1. The summed E-state index contributed by atoms with van der Waals surface area (Å²) in [6.07, 6.45) is 3.32. The lowest BCUT2D eigenvalue weighted by Crippen LogP contribution is -2.19. The van der Waals surface area contributed by atoms with Gasteiger partial charge in [-0.2, -0.15) is 0 Å². The van der Waals surface area contributed by atoms with Crippen LogP contribution in [0.25, 0.3) is 11.1 Å². The van der Waals surface area contributed by atoms with Gasteiger partial charge < -0.3 is 23.7 Å². The summed E-state index contributed by atoms with van der Waals surface area (Å²) in [7, 11) is 0. The van der Waals surface area contributed by atoms with Gasteiger partial charge in [-0.15, -0.1) is 0 Å². The first-order valence-electron chi connectivity index (χ1n) is 13.5. The summed E-state index contributed by atoms with van der Waals surface area (Å²) in [6, 6.07) is 21.9. The molecule has 0 radical (unpaired) electrons. The number of benzene rings is 3. The quantitative estimate of drug-likeness (QED) is 0.114. The number of esters is 2. The van der Waals surface area contributed by atoms with E-state index in [1.165, 1.54) is 12.1 Å². The number of rotatable bonds is 17. The van der Waals surface area contributed by atoms with Gasteiger partial charge in [0, 0.05) is 6.07 Å². The van der Waals surface area contributed by atoms with Gasteiger partial charge in [-0.1, -0.05) is 69.2 Å². The Morgan fingerprint density at radius 1 is 0.600 bits per heavy atom. The number of ketones is 1. The van der Waals surface area contributed by atoms with E-state index < -0.39 is 11.9 Å². The third-order valence-corrected chi connectivity index (χ3v) is 5.81. The SMILES string of the molecule is CCCCOC(=O)COc1ccc(C(=O)COc2ccc(-c3ccccc3)cc2)c(OCC(=O)OCCCC)c1. The fraction of sp³-hybridized carbons (Fsp3) is 0.344. The maximum Gasteiger partial charge on any atom is 0.344 e. The van der Waals surface area contributed by atoms with Crippen molar-refractivity contribution in [3.63, 3.8) is 0 Å². The third kappa shape index (κ3) is 10.1. The number of carbonyl (C=O) groups is 3. The molecule has 0 atom stereocenters. The van der Waals surface area contributed by atoms with Crippen molar-refractivity contribution in [2.24, 2.45) is 0 Å². The van der Waals surface area contributed by atoms with Crippen LogP contribution in [0.5, 0.6) is 17.2 Å². The van der Waals surface area contributed by atoms with Crippen molar-refractivity contribution in [2.45, 2.75) is 39.5 Å². The smallest absolute Gasteiger partial charge is 0.344 e. The topological polar surface area (TPSA) is 97.4 Å². The molecule has 3 aromatic rings. The second kappa shape index (κ2) is 16.6. The minimum absolute atomic E-state index is 0.123. The van der Waals surface area contributed by atoms with Crippen molar-refractivity contribution in [2.75, 3.05) is 33.0 Å². The molecule has 0 spiro atoms. The van der Waals surface area contributed by atoms with Gasteiger partial charge in [0.2, 0.25) is 5.78 Å². The van der Waals surface area contributed by atoms with E-state index in [9.17, 15) is 14.4 Å². The molecule has 0 N–H and O–H groups in total. The lowest BCUT2D eigenvalue weighted by atomic mass is 10.1. The summed E-state index contributed by atoms with van der Waals surface area (Å²) < 4.78 is 27.1. The number of carbonyl (C=O) groups excluding carboxylic acids is 3. The first-order chi connectivity index (χ1) is 19.5. The highest BCUT2D eigenvalue weighted by molar-refractivity contribution is 6.00. The number of unbranched alkanes of at least 4 members (excludes halogenated alkanes) is 2. The van der Waals surface area contributed by atoms with E-state index in [2.05, 4.69) is 0 Å². The fourth-order valence-electron chi connectivity index (χ4n) is 3.57. The molecule has 0 heterocycles. The van der Waals surface area contributed by atoms with Crippen LogP contribution >= 0.6 is 0 Å². The van der Waals surface area contributed by atoms with Crippen LogP contribution in [0.1, 0.15) is 49.9 Å². The molecule has 0 saturated carbocycles. The molecule has 212 valence electrons. The van der Waals surface area contributed by atoms with Crippen molar-refractivity contribution in [1.82, 2.24) is 0 Å². The molecule has 0 aliphatic rings. The van der Waals surface area contributed by atoms with Crippen molar-refractivity contribution in [1.29, 1.82) is 0 Å². The van der Waals surface area contributed by atoms with E-state index in [1.54, 1.807) is 18.2 Å². The summed E-state index contributed by atoms with van der Waals surface area (Å²) in [5.41, 5.74) is 2.32. The minimum atomic E-state index is -0.549. The number of hydrogen-bond donors (Lipinski definition) is 0. The van der Waals surface area contributed by atoms with Gasteiger partial charge in [0.1, 0.15) is 17.2 Å². The van der Waals surface area contributed by atoms with Crippen LogP contribution in [0.2, 0.25) is 0 Å². The molecule has 0 fully saturated rings. The van der Waals surface area contributed by atoms with Crippen LogP contribution in [0, 0.1) is 0 Å². The van der Waals surface area contributed by atoms with Crippen LogP contribution in [0.15, 0.2) is 72.8 Å². The monoisotopic (exact) mass is 548 g/mol. The predicted octanol–water partition coefficient (Wildman–Crippen LogP) is 6.06. The lowest BCUT2D eigenvalue weighted by Gasteiger charge is -2.14. The zero-order chi connectivity index (χ0) is 28.6. The molecule has 0 aliphatic heterocycles. The summed E-state index contributed by atoms with van der Waals surface area (Å²) in [5.74, 6) is -0.452. The van der Waals surface area contributed by atoms with Crippen molar-refractivity contribution in [3.05, 3.63) is 78.4 Å². The Balaban J connectivity index is 1.65. The van der Waals surface area contributed by atoms with Gasteiger partial charge in [-0.05, 0) is 48.2 Å². The maximum atomic E-state index is 13.1. The second-order valence-electron chi connectivity index (χ2n) is 8.99. The zero-order valence-corrected chi connectivity index (χ0v) is 23.1. The molecule has 0 amide bonds. The normalized spacial score (nSPS) is 10.4. The highest BCUT2D eigenvalue weighted by atomic mass is 16.6. The molecule has 8 heteroatoms. The highest BCUT2D eigenvalue weighted by Crippen LogP contribution is 2.27. The average Bonchev–Trinajstić information content (AvgIpc) is 2.99. The first kappa shape index (κ1) is 30.2. The van der Waals surface area contributed by atoms with Gasteiger partial charge >= 0.3 is 11.9 Å². The Morgan fingerprint density at radius 2 is 1.15 bits per heavy atom. The molecule has 0 unspecified atom stereocenters. The lowest BCUT2D eigenvalue weighted by molar-refractivity contribution is -0.146. The summed E-state index contributed by atoms with van der Waals surface area (Å²) in [6.45, 7) is 3.70. The summed E-state index contributed by atoms with van der Waals surface area (Å²) >= 11 is 0. The van der Waals surface area contributed by atoms with E-state index in [4.69, 9.17) is 23.7 Å². The van der Waals surface area contributed by atoms with Crippen LogP contribution in [0.4, 0.5) is 0 Å². The molecule has 3 rings (SSSR count). The molecular weight excluding hydrogens is 512 g/mol. The molecule has 0 bridgehead atoms. The average molecular weight is 549 g/mol. The number of hydrogen-bond acceptors (Lipinski definition) is 8. The number of ether oxygens (including phenoxy) is 5. The zero-order valence-electron chi connectivity index (χ0n) is 23.1. The van der Waals surface area contributed by atoms with Crippen LogP contribution < -0.4 is 14.2 Å². The predicted molar refractivity (Wildman–Crippen MR) is 151 cm³/mol. The first-order valence-corrected chi connectivity index (χ1v) is 13.5. The maximum absolute atomic E-state index is 13.1. The van der Waals surface area contributed by atoms with Gasteiger partial charge in [0.25, 0.3) is 0 Å². The van der Waals surface area contributed by atoms with E-state index in [0.29, 0.717) is 19.0 Å². The van der Waals surface area contributed by atoms with Crippen molar-refractivity contribution >= 4 is 17.7 Å². The molecule has 8 nitrogen and oxygen atoms in total. The van der Waals surface area contributed by atoms with Gasteiger partial charge in [0.15, 0.2) is 19.8 Å². The molecule has 0 aliphatic carbocycles. The highest BCUT2D eigenvalue weighted by Gasteiger charge is 2.17.